The first-order chi connectivity index (χ1) is 9.74. The van der Waals surface area contributed by atoms with E-state index in [9.17, 15) is 4.79 Å². The summed E-state index contributed by atoms with van der Waals surface area (Å²) in [6, 6.07) is 3.36. The Morgan fingerprint density at radius 2 is 1.85 bits per heavy atom. The third-order valence-corrected chi connectivity index (χ3v) is 4.18. The lowest BCUT2D eigenvalue weighted by Crippen LogP contribution is -2.31. The minimum absolute atomic E-state index is 0.0684. The van der Waals surface area contributed by atoms with Crippen molar-refractivity contribution in [3.8, 4) is 11.5 Å². The molecule has 0 unspecified atom stereocenters. The van der Waals surface area contributed by atoms with Gasteiger partial charge in [-0.15, -0.1) is 0 Å². The summed E-state index contributed by atoms with van der Waals surface area (Å²) < 4.78 is 10.5. The van der Waals surface area contributed by atoms with Crippen molar-refractivity contribution < 1.29 is 14.3 Å². The molecule has 4 nitrogen and oxygen atoms in total. The van der Waals surface area contributed by atoms with Gasteiger partial charge in [0, 0.05) is 24.6 Å². The van der Waals surface area contributed by atoms with Crippen molar-refractivity contribution in [2.75, 3.05) is 26.4 Å². The minimum atomic E-state index is 0.0684. The van der Waals surface area contributed by atoms with E-state index in [0.717, 1.165) is 19.6 Å². The molecule has 0 radical (unpaired) electrons. The second kappa shape index (κ2) is 6.02. The first kappa shape index (κ1) is 13.7. The first-order valence-corrected chi connectivity index (χ1v) is 7.46. The van der Waals surface area contributed by atoms with E-state index in [0.29, 0.717) is 28.5 Å². The summed E-state index contributed by atoms with van der Waals surface area (Å²) >= 11 is 6.15. The number of ether oxygens (including phenoxy) is 2. The van der Waals surface area contributed by atoms with Gasteiger partial charge in [0.05, 0.1) is 5.02 Å². The summed E-state index contributed by atoms with van der Waals surface area (Å²) in [5, 5.41) is 0.442. The van der Waals surface area contributed by atoms with Crippen LogP contribution in [0, 0.1) is 0 Å². The number of fused-ring (bicyclic) bond motifs is 1. The summed E-state index contributed by atoms with van der Waals surface area (Å²) in [5.74, 6) is 1.29. The van der Waals surface area contributed by atoms with Crippen LogP contribution < -0.4 is 9.47 Å². The Bertz CT molecular complexity index is 512. The van der Waals surface area contributed by atoms with Crippen LogP contribution in [-0.2, 0) is 0 Å². The first-order valence-electron chi connectivity index (χ1n) is 7.09. The number of benzene rings is 1. The van der Waals surface area contributed by atoms with Gasteiger partial charge in [-0.05, 0) is 32.0 Å². The second-order valence-corrected chi connectivity index (χ2v) is 5.67. The number of nitrogens with zero attached hydrogens (tertiary/aromatic N) is 1. The topological polar surface area (TPSA) is 38.8 Å². The zero-order chi connectivity index (χ0) is 13.9. The fraction of sp³-hybridized carbons (Fsp3) is 0.533. The number of hydrogen-bond donors (Lipinski definition) is 0. The van der Waals surface area contributed by atoms with Gasteiger partial charge in [0.2, 0.25) is 6.79 Å². The van der Waals surface area contributed by atoms with Crippen molar-refractivity contribution in [2.45, 2.75) is 25.7 Å². The van der Waals surface area contributed by atoms with E-state index < -0.39 is 0 Å². The number of halogens is 1. The van der Waals surface area contributed by atoms with E-state index in [1.807, 2.05) is 0 Å². The molecule has 2 aliphatic heterocycles. The van der Waals surface area contributed by atoms with Crippen molar-refractivity contribution in [1.82, 2.24) is 4.90 Å². The highest BCUT2D eigenvalue weighted by Crippen LogP contribution is 2.37. The van der Waals surface area contributed by atoms with Crippen molar-refractivity contribution in [3.05, 3.63) is 22.7 Å². The molecule has 5 heteroatoms. The Kier molecular flexibility index (Phi) is 4.13. The Morgan fingerprint density at radius 3 is 2.60 bits per heavy atom. The quantitative estimate of drug-likeness (QED) is 0.800. The van der Waals surface area contributed by atoms with E-state index in [2.05, 4.69) is 4.90 Å². The Balaban J connectivity index is 1.64. The highest BCUT2D eigenvalue weighted by atomic mass is 35.5. The third-order valence-electron chi connectivity index (χ3n) is 3.87. The van der Waals surface area contributed by atoms with E-state index in [1.165, 1.54) is 19.3 Å². The maximum Gasteiger partial charge on any atom is 0.231 e. The van der Waals surface area contributed by atoms with E-state index in [1.54, 1.807) is 12.1 Å². The SMILES string of the molecule is O=C(CCN1CCCCC1)c1cc2c(cc1Cl)OCO2. The van der Waals surface area contributed by atoms with Crippen LogP contribution in [0.5, 0.6) is 11.5 Å². The highest BCUT2D eigenvalue weighted by Gasteiger charge is 2.20. The van der Waals surface area contributed by atoms with Crippen LogP contribution in [0.4, 0.5) is 0 Å². The van der Waals surface area contributed by atoms with Gasteiger partial charge in [-0.3, -0.25) is 4.79 Å². The number of Topliss-reactive ketones (excluding diaryl/α,β-unsaturated/α-hetero) is 1. The molecule has 2 heterocycles. The van der Waals surface area contributed by atoms with Crippen LogP contribution in [0.1, 0.15) is 36.0 Å². The molecule has 0 N–H and O–H groups in total. The average Bonchev–Trinajstić information content (AvgIpc) is 2.92. The van der Waals surface area contributed by atoms with Crippen molar-refractivity contribution >= 4 is 17.4 Å². The van der Waals surface area contributed by atoms with Gasteiger partial charge in [0.25, 0.3) is 0 Å². The lowest BCUT2D eigenvalue weighted by atomic mass is 10.1. The largest absolute Gasteiger partial charge is 0.454 e. The molecule has 0 saturated carbocycles. The third kappa shape index (κ3) is 2.91. The predicted octanol–water partition coefficient (Wildman–Crippen LogP) is 3.13. The molecule has 0 aromatic heterocycles. The molecule has 3 rings (SSSR count). The number of hydrogen-bond acceptors (Lipinski definition) is 4. The summed E-state index contributed by atoms with van der Waals surface area (Å²) in [4.78, 5) is 14.7. The molecule has 0 bridgehead atoms. The Morgan fingerprint density at radius 1 is 1.15 bits per heavy atom. The molecular weight excluding hydrogens is 278 g/mol. The van der Waals surface area contributed by atoms with Gasteiger partial charge < -0.3 is 14.4 Å². The zero-order valence-electron chi connectivity index (χ0n) is 11.4. The number of ketones is 1. The lowest BCUT2D eigenvalue weighted by molar-refractivity contribution is 0.0958. The van der Waals surface area contributed by atoms with Gasteiger partial charge in [0.1, 0.15) is 0 Å². The molecule has 0 atom stereocenters. The molecule has 0 amide bonds. The average molecular weight is 296 g/mol. The van der Waals surface area contributed by atoms with Gasteiger partial charge in [-0.25, -0.2) is 0 Å². The van der Waals surface area contributed by atoms with Crippen molar-refractivity contribution in [1.29, 1.82) is 0 Å². The van der Waals surface area contributed by atoms with Gasteiger partial charge in [-0.1, -0.05) is 18.0 Å². The molecule has 1 aromatic carbocycles. The molecular formula is C15H18ClNO3. The molecule has 2 aliphatic rings. The number of piperidine rings is 1. The highest BCUT2D eigenvalue weighted by molar-refractivity contribution is 6.34. The Labute approximate surface area is 123 Å². The molecule has 0 spiro atoms. The number of rotatable bonds is 4. The molecule has 20 heavy (non-hydrogen) atoms. The summed E-state index contributed by atoms with van der Waals surface area (Å²) in [7, 11) is 0. The molecule has 1 saturated heterocycles. The smallest absolute Gasteiger partial charge is 0.231 e. The van der Waals surface area contributed by atoms with E-state index >= 15 is 0 Å². The fourth-order valence-electron chi connectivity index (χ4n) is 2.71. The zero-order valence-corrected chi connectivity index (χ0v) is 12.1. The fourth-order valence-corrected chi connectivity index (χ4v) is 2.97. The van der Waals surface area contributed by atoms with Crippen LogP contribution in [0.15, 0.2) is 12.1 Å². The molecule has 0 aliphatic carbocycles. The number of carbonyl (C=O) groups excluding carboxylic acids is 1. The van der Waals surface area contributed by atoms with Crippen LogP contribution in [0.2, 0.25) is 5.02 Å². The maximum atomic E-state index is 12.3. The second-order valence-electron chi connectivity index (χ2n) is 5.26. The maximum absolute atomic E-state index is 12.3. The van der Waals surface area contributed by atoms with Crippen molar-refractivity contribution in [3.63, 3.8) is 0 Å². The van der Waals surface area contributed by atoms with E-state index in [-0.39, 0.29) is 12.6 Å². The van der Waals surface area contributed by atoms with E-state index in [4.69, 9.17) is 21.1 Å². The summed E-state index contributed by atoms with van der Waals surface area (Å²) in [5.41, 5.74) is 0.535. The van der Waals surface area contributed by atoms with Gasteiger partial charge in [0.15, 0.2) is 17.3 Å². The van der Waals surface area contributed by atoms with Crippen LogP contribution in [0.25, 0.3) is 0 Å². The molecule has 108 valence electrons. The number of carbonyl (C=O) groups is 1. The lowest BCUT2D eigenvalue weighted by Gasteiger charge is -2.26. The normalized spacial score (nSPS) is 18.2. The monoisotopic (exact) mass is 295 g/mol. The Hall–Kier alpha value is -1.26. The standard InChI is InChI=1S/C15H18ClNO3/c16-12-9-15-14(19-10-20-15)8-11(12)13(18)4-7-17-5-2-1-3-6-17/h8-9H,1-7,10H2. The van der Waals surface area contributed by atoms with Gasteiger partial charge in [-0.2, -0.15) is 0 Å². The van der Waals surface area contributed by atoms with Gasteiger partial charge >= 0.3 is 0 Å². The van der Waals surface area contributed by atoms with Crippen molar-refractivity contribution in [2.24, 2.45) is 0 Å². The number of likely N-dealkylation sites (tertiary alicyclic amines) is 1. The van der Waals surface area contributed by atoms with Crippen LogP contribution >= 0.6 is 11.6 Å². The van der Waals surface area contributed by atoms with Crippen LogP contribution in [-0.4, -0.2) is 37.1 Å². The molecule has 1 aromatic rings. The van der Waals surface area contributed by atoms with Crippen LogP contribution in [0.3, 0.4) is 0 Å². The predicted molar refractivity (Wildman–Crippen MR) is 76.8 cm³/mol. The summed E-state index contributed by atoms with van der Waals surface area (Å²) in [6.45, 7) is 3.20. The molecule has 1 fully saturated rings. The summed E-state index contributed by atoms with van der Waals surface area (Å²) in [6.07, 6.45) is 4.27. The minimum Gasteiger partial charge on any atom is -0.454 e.